The third kappa shape index (κ3) is 2.09. The molecule has 1 rings (SSSR count). The van der Waals surface area contributed by atoms with Gasteiger partial charge >= 0.3 is 5.97 Å². The maximum atomic E-state index is 10.3. The maximum Gasteiger partial charge on any atom is 0.305 e. The van der Waals surface area contributed by atoms with Crippen LogP contribution in [0.4, 0.5) is 0 Å². The Hall–Kier alpha value is -0.810. The zero-order valence-corrected chi connectivity index (χ0v) is 7.74. The van der Waals surface area contributed by atoms with Crippen molar-refractivity contribution in [2.24, 2.45) is 5.73 Å². The lowest BCUT2D eigenvalue weighted by Crippen LogP contribution is -2.14. The Morgan fingerprint density at radius 2 is 2.50 bits per heavy atom. The highest BCUT2D eigenvalue weighted by Gasteiger charge is 2.16. The second kappa shape index (κ2) is 3.73. The Morgan fingerprint density at radius 3 is 2.92 bits per heavy atom. The molecule has 1 atom stereocenters. The standard InChI is InChI=1S/C7H8BrNO3/c8-4-1-2-12-7(4)5(9)3-6(10)11/h1-2,5H,3,9H2,(H,10,11). The molecule has 0 aliphatic rings. The number of carbonyl (C=O) groups is 1. The van der Waals surface area contributed by atoms with Gasteiger partial charge in [0, 0.05) is 0 Å². The van der Waals surface area contributed by atoms with E-state index in [2.05, 4.69) is 15.9 Å². The number of halogens is 1. The molecule has 1 aromatic rings. The fourth-order valence-electron chi connectivity index (χ4n) is 0.851. The topological polar surface area (TPSA) is 76.5 Å². The van der Waals surface area contributed by atoms with Gasteiger partial charge in [-0.3, -0.25) is 4.79 Å². The zero-order valence-electron chi connectivity index (χ0n) is 6.16. The number of carboxylic acid groups (broad SMARTS) is 1. The van der Waals surface area contributed by atoms with Gasteiger partial charge < -0.3 is 15.3 Å². The molecule has 0 amide bonds. The fourth-order valence-corrected chi connectivity index (χ4v) is 1.35. The molecule has 1 heterocycles. The van der Waals surface area contributed by atoms with E-state index in [0.717, 1.165) is 0 Å². The minimum absolute atomic E-state index is 0.133. The summed E-state index contributed by atoms with van der Waals surface area (Å²) in [7, 11) is 0. The van der Waals surface area contributed by atoms with Crippen LogP contribution >= 0.6 is 15.9 Å². The first-order valence-corrected chi connectivity index (χ1v) is 4.11. The molecule has 1 aromatic heterocycles. The zero-order chi connectivity index (χ0) is 9.14. The van der Waals surface area contributed by atoms with Crippen LogP contribution < -0.4 is 5.73 Å². The molecule has 12 heavy (non-hydrogen) atoms. The van der Waals surface area contributed by atoms with E-state index in [1.165, 1.54) is 6.26 Å². The Bertz CT molecular complexity index is 284. The summed E-state index contributed by atoms with van der Waals surface area (Å²) in [6.07, 6.45) is 1.33. The highest BCUT2D eigenvalue weighted by Crippen LogP contribution is 2.24. The monoisotopic (exact) mass is 233 g/mol. The van der Waals surface area contributed by atoms with Crippen molar-refractivity contribution >= 4 is 21.9 Å². The number of nitrogens with two attached hydrogens (primary N) is 1. The molecular weight excluding hydrogens is 226 g/mol. The number of carboxylic acids is 1. The summed E-state index contributed by atoms with van der Waals surface area (Å²) in [6, 6.07) is 1.09. The molecule has 0 saturated carbocycles. The van der Waals surface area contributed by atoms with Crippen molar-refractivity contribution < 1.29 is 14.3 Å². The second-order valence-corrected chi connectivity index (χ2v) is 3.19. The first kappa shape index (κ1) is 9.28. The lowest BCUT2D eigenvalue weighted by atomic mass is 10.2. The third-order valence-corrected chi connectivity index (χ3v) is 2.03. The third-order valence-electron chi connectivity index (χ3n) is 1.38. The van der Waals surface area contributed by atoms with Crippen LogP contribution in [0.5, 0.6) is 0 Å². The number of hydrogen-bond acceptors (Lipinski definition) is 3. The van der Waals surface area contributed by atoms with E-state index >= 15 is 0 Å². The second-order valence-electron chi connectivity index (χ2n) is 2.34. The molecule has 1 unspecified atom stereocenters. The molecule has 0 aliphatic heterocycles. The number of hydrogen-bond donors (Lipinski definition) is 2. The van der Waals surface area contributed by atoms with Crippen molar-refractivity contribution in [3.63, 3.8) is 0 Å². The molecule has 0 saturated heterocycles. The highest BCUT2D eigenvalue weighted by molar-refractivity contribution is 9.10. The van der Waals surface area contributed by atoms with E-state index in [0.29, 0.717) is 10.2 Å². The van der Waals surface area contributed by atoms with E-state index in [9.17, 15) is 4.79 Å². The van der Waals surface area contributed by atoms with Crippen LogP contribution in [0.25, 0.3) is 0 Å². The molecule has 5 heteroatoms. The van der Waals surface area contributed by atoms with Gasteiger partial charge in [0.15, 0.2) is 0 Å². The van der Waals surface area contributed by atoms with Crippen LogP contribution in [0.3, 0.4) is 0 Å². The van der Waals surface area contributed by atoms with Crippen LogP contribution in [-0.4, -0.2) is 11.1 Å². The Morgan fingerprint density at radius 1 is 1.83 bits per heavy atom. The number of aliphatic carboxylic acids is 1. The normalized spacial score (nSPS) is 12.8. The summed E-state index contributed by atoms with van der Waals surface area (Å²) in [5.74, 6) is -0.469. The number of furan rings is 1. The molecule has 0 aliphatic carbocycles. The van der Waals surface area contributed by atoms with Gasteiger partial charge in [-0.2, -0.15) is 0 Å². The van der Waals surface area contributed by atoms with Crippen molar-refractivity contribution in [2.45, 2.75) is 12.5 Å². The quantitative estimate of drug-likeness (QED) is 0.831. The van der Waals surface area contributed by atoms with Crippen LogP contribution in [0.15, 0.2) is 21.2 Å². The van der Waals surface area contributed by atoms with Crippen molar-refractivity contribution in [1.29, 1.82) is 0 Å². The molecule has 0 bridgehead atoms. The summed E-state index contributed by atoms with van der Waals surface area (Å²) in [5.41, 5.74) is 5.54. The van der Waals surface area contributed by atoms with Crippen molar-refractivity contribution in [3.8, 4) is 0 Å². The van der Waals surface area contributed by atoms with E-state index in [1.54, 1.807) is 6.07 Å². The van der Waals surface area contributed by atoms with Crippen molar-refractivity contribution in [1.82, 2.24) is 0 Å². The van der Waals surface area contributed by atoms with Gasteiger partial charge in [0.05, 0.1) is 23.2 Å². The maximum absolute atomic E-state index is 10.3. The first-order chi connectivity index (χ1) is 5.61. The summed E-state index contributed by atoms with van der Waals surface area (Å²) >= 11 is 3.19. The lowest BCUT2D eigenvalue weighted by Gasteiger charge is -2.04. The van der Waals surface area contributed by atoms with E-state index in [1.807, 2.05) is 0 Å². The summed E-state index contributed by atoms with van der Waals surface area (Å²) in [6.45, 7) is 0. The molecule has 66 valence electrons. The predicted molar refractivity (Wildman–Crippen MR) is 45.6 cm³/mol. The average Bonchev–Trinajstić information content (AvgIpc) is 2.33. The van der Waals surface area contributed by atoms with Crippen molar-refractivity contribution in [3.05, 3.63) is 22.6 Å². The molecule has 0 radical (unpaired) electrons. The Balaban J connectivity index is 2.71. The Kier molecular flexibility index (Phi) is 2.88. The van der Waals surface area contributed by atoms with E-state index in [-0.39, 0.29) is 6.42 Å². The summed E-state index contributed by atoms with van der Waals surface area (Å²) in [4.78, 5) is 10.3. The smallest absolute Gasteiger partial charge is 0.305 e. The summed E-state index contributed by atoms with van der Waals surface area (Å²) in [5, 5.41) is 8.44. The minimum atomic E-state index is -0.939. The molecule has 3 N–H and O–H groups in total. The van der Waals surface area contributed by atoms with Crippen LogP contribution in [0.1, 0.15) is 18.2 Å². The molecular formula is C7H8BrNO3. The largest absolute Gasteiger partial charge is 0.481 e. The molecule has 0 aromatic carbocycles. The van der Waals surface area contributed by atoms with Gasteiger partial charge in [-0.25, -0.2) is 0 Å². The highest BCUT2D eigenvalue weighted by atomic mass is 79.9. The predicted octanol–water partition coefficient (Wildman–Crippen LogP) is 1.52. The van der Waals surface area contributed by atoms with Crippen LogP contribution in [-0.2, 0) is 4.79 Å². The van der Waals surface area contributed by atoms with E-state index < -0.39 is 12.0 Å². The SMILES string of the molecule is NC(CC(=O)O)c1occc1Br. The molecule has 0 spiro atoms. The van der Waals surface area contributed by atoms with Gasteiger partial charge in [0.25, 0.3) is 0 Å². The minimum Gasteiger partial charge on any atom is -0.481 e. The fraction of sp³-hybridized carbons (Fsp3) is 0.286. The van der Waals surface area contributed by atoms with Gasteiger partial charge in [0.2, 0.25) is 0 Å². The molecule has 0 fully saturated rings. The molecule has 4 nitrogen and oxygen atoms in total. The number of rotatable bonds is 3. The van der Waals surface area contributed by atoms with Gasteiger partial charge in [-0.15, -0.1) is 0 Å². The van der Waals surface area contributed by atoms with Crippen molar-refractivity contribution in [2.75, 3.05) is 0 Å². The first-order valence-electron chi connectivity index (χ1n) is 3.31. The lowest BCUT2D eigenvalue weighted by molar-refractivity contribution is -0.137. The van der Waals surface area contributed by atoms with Gasteiger partial charge in [-0.1, -0.05) is 0 Å². The average molecular weight is 234 g/mol. The van der Waals surface area contributed by atoms with Gasteiger partial charge in [-0.05, 0) is 22.0 Å². The Labute approximate surface area is 77.5 Å². The van der Waals surface area contributed by atoms with E-state index in [4.69, 9.17) is 15.3 Å². The summed E-state index contributed by atoms with van der Waals surface area (Å²) < 4.78 is 5.70. The van der Waals surface area contributed by atoms with Gasteiger partial charge in [0.1, 0.15) is 5.76 Å². The van der Waals surface area contributed by atoms with Crippen LogP contribution in [0.2, 0.25) is 0 Å². The van der Waals surface area contributed by atoms with Crippen LogP contribution in [0, 0.1) is 0 Å².